The van der Waals surface area contributed by atoms with Crippen molar-refractivity contribution in [3.05, 3.63) is 42.0 Å². The van der Waals surface area contributed by atoms with Crippen LogP contribution in [-0.4, -0.2) is 37.6 Å². The fraction of sp³-hybridized carbons (Fsp3) is 0.294. The standard InChI is InChI=1S/C17H18O8/c1-4-23-14(19)9-10-15(20)25-16(17(21)24-11(2)18)12-5-7-13(22-3)8-6-12/h5-10,16H,4H2,1-3H3/b10-9+. The molecule has 0 radical (unpaired) electrons. The van der Waals surface area contributed by atoms with Gasteiger partial charge in [-0.15, -0.1) is 0 Å². The Bertz CT molecular complexity index is 660. The fourth-order valence-corrected chi connectivity index (χ4v) is 1.71. The van der Waals surface area contributed by atoms with E-state index in [1.807, 2.05) is 0 Å². The molecule has 0 aliphatic rings. The molecule has 0 aromatic heterocycles. The molecule has 1 atom stereocenters. The van der Waals surface area contributed by atoms with Gasteiger partial charge >= 0.3 is 23.9 Å². The highest BCUT2D eigenvalue weighted by Crippen LogP contribution is 2.22. The maximum absolute atomic E-state index is 12.0. The third-order valence-corrected chi connectivity index (χ3v) is 2.75. The molecule has 0 saturated carbocycles. The molecular formula is C17H18O8. The second-order valence-corrected chi connectivity index (χ2v) is 4.59. The van der Waals surface area contributed by atoms with Crippen molar-refractivity contribution in [3.8, 4) is 5.75 Å². The quantitative estimate of drug-likeness (QED) is 0.315. The van der Waals surface area contributed by atoms with Gasteiger partial charge in [-0.25, -0.2) is 14.4 Å². The van der Waals surface area contributed by atoms with Crippen molar-refractivity contribution in [2.24, 2.45) is 0 Å². The van der Waals surface area contributed by atoms with Gasteiger partial charge < -0.3 is 18.9 Å². The lowest BCUT2D eigenvalue weighted by Gasteiger charge is -2.15. The van der Waals surface area contributed by atoms with Crippen molar-refractivity contribution in [3.63, 3.8) is 0 Å². The van der Waals surface area contributed by atoms with Crippen LogP contribution in [0.5, 0.6) is 5.75 Å². The van der Waals surface area contributed by atoms with E-state index in [0.717, 1.165) is 19.1 Å². The number of esters is 4. The minimum Gasteiger partial charge on any atom is -0.497 e. The summed E-state index contributed by atoms with van der Waals surface area (Å²) in [6, 6.07) is 6.05. The molecule has 0 aliphatic carbocycles. The van der Waals surface area contributed by atoms with Crippen molar-refractivity contribution in [1.29, 1.82) is 0 Å². The number of methoxy groups -OCH3 is 1. The largest absolute Gasteiger partial charge is 0.497 e. The second kappa shape index (κ2) is 9.86. The minimum absolute atomic E-state index is 0.150. The van der Waals surface area contributed by atoms with Gasteiger partial charge in [0.2, 0.25) is 6.10 Å². The average molecular weight is 350 g/mol. The van der Waals surface area contributed by atoms with Gasteiger partial charge in [0, 0.05) is 24.6 Å². The average Bonchev–Trinajstić information content (AvgIpc) is 2.57. The van der Waals surface area contributed by atoms with Crippen LogP contribution in [0.4, 0.5) is 0 Å². The molecule has 1 rings (SSSR count). The summed E-state index contributed by atoms with van der Waals surface area (Å²) in [6.07, 6.45) is 0.206. The number of rotatable bonds is 7. The number of carbonyl (C=O) groups is 4. The van der Waals surface area contributed by atoms with Gasteiger partial charge in [-0.3, -0.25) is 4.79 Å². The molecular weight excluding hydrogens is 332 g/mol. The van der Waals surface area contributed by atoms with Gasteiger partial charge in [0.25, 0.3) is 0 Å². The van der Waals surface area contributed by atoms with Gasteiger partial charge in [-0.1, -0.05) is 12.1 Å². The second-order valence-electron chi connectivity index (χ2n) is 4.59. The van der Waals surface area contributed by atoms with Crippen LogP contribution in [0.3, 0.4) is 0 Å². The summed E-state index contributed by atoms with van der Waals surface area (Å²) in [4.78, 5) is 46.0. The Morgan fingerprint density at radius 2 is 1.64 bits per heavy atom. The van der Waals surface area contributed by atoms with E-state index in [9.17, 15) is 19.2 Å². The minimum atomic E-state index is -1.48. The van der Waals surface area contributed by atoms with Crippen LogP contribution in [0.25, 0.3) is 0 Å². The first-order valence-electron chi connectivity index (χ1n) is 7.29. The van der Waals surface area contributed by atoms with Gasteiger partial charge in [-0.2, -0.15) is 0 Å². The van der Waals surface area contributed by atoms with Crippen LogP contribution in [0.2, 0.25) is 0 Å². The van der Waals surface area contributed by atoms with E-state index in [1.54, 1.807) is 19.1 Å². The van der Waals surface area contributed by atoms with E-state index in [-0.39, 0.29) is 12.2 Å². The monoisotopic (exact) mass is 350 g/mol. The summed E-state index contributed by atoms with van der Waals surface area (Å²) >= 11 is 0. The topological polar surface area (TPSA) is 105 Å². The van der Waals surface area contributed by atoms with Gasteiger partial charge in [-0.05, 0) is 19.1 Å². The smallest absolute Gasteiger partial charge is 0.359 e. The van der Waals surface area contributed by atoms with Crippen molar-refractivity contribution in [2.75, 3.05) is 13.7 Å². The third-order valence-electron chi connectivity index (χ3n) is 2.75. The fourth-order valence-electron chi connectivity index (χ4n) is 1.71. The number of hydrogen-bond acceptors (Lipinski definition) is 8. The SMILES string of the molecule is CCOC(=O)/C=C/C(=O)OC(C(=O)OC(C)=O)c1ccc(OC)cc1. The van der Waals surface area contributed by atoms with Crippen molar-refractivity contribution >= 4 is 23.9 Å². The predicted molar refractivity (Wildman–Crippen MR) is 84.4 cm³/mol. The molecule has 0 amide bonds. The molecule has 8 nitrogen and oxygen atoms in total. The third kappa shape index (κ3) is 6.86. The van der Waals surface area contributed by atoms with Gasteiger partial charge in [0.1, 0.15) is 5.75 Å². The van der Waals surface area contributed by atoms with Crippen molar-refractivity contribution in [2.45, 2.75) is 20.0 Å². The van der Waals surface area contributed by atoms with Crippen molar-refractivity contribution < 1.29 is 38.1 Å². The van der Waals surface area contributed by atoms with E-state index in [2.05, 4.69) is 9.47 Å². The van der Waals surface area contributed by atoms with E-state index >= 15 is 0 Å². The highest BCUT2D eigenvalue weighted by molar-refractivity contribution is 5.94. The lowest BCUT2D eigenvalue weighted by atomic mass is 10.1. The summed E-state index contributed by atoms with van der Waals surface area (Å²) in [5, 5.41) is 0. The molecule has 1 aromatic carbocycles. The van der Waals surface area contributed by atoms with E-state index in [4.69, 9.17) is 9.47 Å². The molecule has 0 bridgehead atoms. The molecule has 0 aliphatic heterocycles. The first kappa shape index (κ1) is 19.9. The normalized spacial score (nSPS) is 11.5. The highest BCUT2D eigenvalue weighted by Gasteiger charge is 2.27. The molecule has 0 heterocycles. The molecule has 0 spiro atoms. The van der Waals surface area contributed by atoms with Crippen molar-refractivity contribution in [1.82, 2.24) is 0 Å². The van der Waals surface area contributed by atoms with E-state index < -0.39 is 30.0 Å². The van der Waals surface area contributed by atoms with Gasteiger partial charge in [0.15, 0.2) is 0 Å². The first-order chi connectivity index (χ1) is 11.9. The highest BCUT2D eigenvalue weighted by atomic mass is 16.6. The van der Waals surface area contributed by atoms with Crippen LogP contribution in [0, 0.1) is 0 Å². The summed E-state index contributed by atoms with van der Waals surface area (Å²) in [6.45, 7) is 2.81. The van der Waals surface area contributed by atoms with Crippen LogP contribution < -0.4 is 4.74 Å². The molecule has 8 heteroatoms. The van der Waals surface area contributed by atoms with Crippen LogP contribution >= 0.6 is 0 Å². The lowest BCUT2D eigenvalue weighted by Crippen LogP contribution is -2.23. The molecule has 0 fully saturated rings. The first-order valence-corrected chi connectivity index (χ1v) is 7.29. The Morgan fingerprint density at radius 3 is 2.16 bits per heavy atom. The molecule has 0 N–H and O–H groups in total. The molecule has 1 unspecified atom stereocenters. The zero-order valence-electron chi connectivity index (χ0n) is 14.0. The Hall–Kier alpha value is -3.16. The van der Waals surface area contributed by atoms with Crippen LogP contribution in [0.15, 0.2) is 36.4 Å². The summed E-state index contributed by atoms with van der Waals surface area (Å²) in [5.41, 5.74) is 0.268. The predicted octanol–water partition coefficient (Wildman–Crippen LogP) is 1.49. The van der Waals surface area contributed by atoms with E-state index in [1.165, 1.54) is 19.2 Å². The molecule has 1 aromatic rings. The Morgan fingerprint density at radius 1 is 1.04 bits per heavy atom. The Kier molecular flexibility index (Phi) is 7.85. The zero-order valence-corrected chi connectivity index (χ0v) is 14.0. The molecule has 0 saturated heterocycles. The maximum Gasteiger partial charge on any atom is 0.359 e. The summed E-state index contributed by atoms with van der Waals surface area (Å²) in [7, 11) is 1.47. The lowest BCUT2D eigenvalue weighted by molar-refractivity contribution is -0.171. The van der Waals surface area contributed by atoms with E-state index in [0.29, 0.717) is 5.75 Å². The Labute approximate surface area is 144 Å². The zero-order chi connectivity index (χ0) is 18.8. The number of ether oxygens (including phenoxy) is 4. The van der Waals surface area contributed by atoms with Gasteiger partial charge in [0.05, 0.1) is 13.7 Å². The number of carbonyl (C=O) groups excluding carboxylic acids is 4. The molecule has 25 heavy (non-hydrogen) atoms. The Balaban J connectivity index is 2.94. The maximum atomic E-state index is 12.0. The van der Waals surface area contributed by atoms with Crippen LogP contribution in [0.1, 0.15) is 25.5 Å². The summed E-state index contributed by atoms with van der Waals surface area (Å²) in [5.74, 6) is -3.09. The summed E-state index contributed by atoms with van der Waals surface area (Å²) < 4.78 is 19.1. The molecule has 134 valence electrons. The van der Waals surface area contributed by atoms with Crippen LogP contribution in [-0.2, 0) is 33.4 Å². The number of benzene rings is 1. The number of hydrogen-bond donors (Lipinski definition) is 0.